The lowest BCUT2D eigenvalue weighted by Gasteiger charge is -2.36. The number of hydrogen-bond acceptors (Lipinski definition) is 4. The van der Waals surface area contributed by atoms with E-state index >= 15 is 0 Å². The summed E-state index contributed by atoms with van der Waals surface area (Å²) in [5.74, 6) is -0.776. The Bertz CT molecular complexity index is 820. The van der Waals surface area contributed by atoms with Gasteiger partial charge in [0.2, 0.25) is 0 Å². The minimum absolute atomic E-state index is 0.157. The van der Waals surface area contributed by atoms with E-state index in [1.54, 1.807) is 17.1 Å². The summed E-state index contributed by atoms with van der Waals surface area (Å²) in [5.41, 5.74) is 1.48. The van der Waals surface area contributed by atoms with Crippen LogP contribution in [0.1, 0.15) is 38.7 Å². The average Bonchev–Trinajstić information content (AvgIpc) is 3.00. The fourth-order valence-corrected chi connectivity index (χ4v) is 3.73. The third kappa shape index (κ3) is 3.46. The molecule has 2 atom stereocenters. The van der Waals surface area contributed by atoms with E-state index in [1.807, 2.05) is 37.3 Å². The number of carbonyl (C=O) groups excluding carboxylic acids is 1. The molecule has 0 aromatic heterocycles. The first-order valence-corrected chi connectivity index (χ1v) is 9.30. The van der Waals surface area contributed by atoms with E-state index in [1.165, 1.54) is 19.2 Å². The topological polar surface area (TPSA) is 41.9 Å². The van der Waals surface area contributed by atoms with Gasteiger partial charge in [0.05, 0.1) is 18.5 Å². The summed E-state index contributed by atoms with van der Waals surface area (Å²) in [4.78, 5) is 12.9. The van der Waals surface area contributed by atoms with Gasteiger partial charge in [-0.05, 0) is 43.2 Å². The Hall–Kier alpha value is -2.69. The Kier molecular flexibility index (Phi) is 5.59. The van der Waals surface area contributed by atoms with Crippen LogP contribution in [0.5, 0.6) is 0 Å². The van der Waals surface area contributed by atoms with Gasteiger partial charge < -0.3 is 4.74 Å². The molecule has 0 N–H and O–H groups in total. The Morgan fingerprint density at radius 3 is 2.44 bits per heavy atom. The number of carbonyl (C=O) groups is 1. The zero-order valence-electron chi connectivity index (χ0n) is 16.0. The molecule has 1 aliphatic rings. The molecule has 3 rings (SSSR count). The van der Waals surface area contributed by atoms with Crippen LogP contribution in [0.15, 0.2) is 59.7 Å². The van der Waals surface area contributed by atoms with Gasteiger partial charge in [-0.25, -0.2) is 14.2 Å². The standard InChI is InChI=1S/C22H25FN2O2/c1-4-5-11-19-20(16-12-14-17(23)15-13-16)24-25(18-9-7-6-8-10-18)22(19,2)21(26)27-3/h6-10,12-15,19H,4-5,11H2,1-3H3. The van der Waals surface area contributed by atoms with Crippen molar-refractivity contribution in [3.8, 4) is 0 Å². The predicted molar refractivity (Wildman–Crippen MR) is 105 cm³/mol. The van der Waals surface area contributed by atoms with Gasteiger partial charge in [0, 0.05) is 5.92 Å². The van der Waals surface area contributed by atoms with Crippen molar-refractivity contribution in [3.63, 3.8) is 0 Å². The lowest BCUT2D eigenvalue weighted by atomic mass is 9.77. The molecule has 1 aliphatic heterocycles. The molecular formula is C22H25FN2O2. The maximum Gasteiger partial charge on any atom is 0.334 e. The van der Waals surface area contributed by atoms with E-state index < -0.39 is 5.54 Å². The predicted octanol–water partition coefficient (Wildman–Crippen LogP) is 4.79. The minimum atomic E-state index is -0.963. The number of methoxy groups -OCH3 is 1. The monoisotopic (exact) mass is 368 g/mol. The summed E-state index contributed by atoms with van der Waals surface area (Å²) in [5, 5.41) is 6.60. The van der Waals surface area contributed by atoms with E-state index in [9.17, 15) is 9.18 Å². The second-order valence-corrected chi connectivity index (χ2v) is 6.97. The van der Waals surface area contributed by atoms with Crippen LogP contribution in [-0.2, 0) is 9.53 Å². The van der Waals surface area contributed by atoms with Crippen LogP contribution in [0.25, 0.3) is 0 Å². The number of esters is 1. The highest BCUT2D eigenvalue weighted by Crippen LogP contribution is 2.42. The van der Waals surface area contributed by atoms with Crippen LogP contribution in [0.3, 0.4) is 0 Å². The van der Waals surface area contributed by atoms with Crippen LogP contribution < -0.4 is 5.01 Å². The smallest absolute Gasteiger partial charge is 0.334 e. The highest BCUT2D eigenvalue weighted by molar-refractivity contribution is 6.09. The van der Waals surface area contributed by atoms with Gasteiger partial charge >= 0.3 is 5.97 Å². The Balaban J connectivity index is 2.14. The summed E-state index contributed by atoms with van der Waals surface area (Å²) < 4.78 is 18.6. The molecule has 2 aromatic rings. The van der Waals surface area contributed by atoms with Crippen molar-refractivity contribution in [2.75, 3.05) is 12.1 Å². The van der Waals surface area contributed by atoms with Gasteiger partial charge in [0.25, 0.3) is 0 Å². The molecule has 2 unspecified atom stereocenters. The SMILES string of the molecule is CCCCC1C(c2ccc(F)cc2)=NN(c2ccccc2)C1(C)C(=O)OC. The molecule has 0 saturated carbocycles. The zero-order valence-corrected chi connectivity index (χ0v) is 16.0. The van der Waals surface area contributed by atoms with E-state index in [0.29, 0.717) is 0 Å². The van der Waals surface area contributed by atoms with Gasteiger partial charge in [-0.2, -0.15) is 5.10 Å². The lowest BCUT2D eigenvalue weighted by molar-refractivity contribution is -0.147. The van der Waals surface area contributed by atoms with Crippen molar-refractivity contribution in [3.05, 3.63) is 66.0 Å². The second kappa shape index (κ2) is 7.91. The molecule has 27 heavy (non-hydrogen) atoms. The molecule has 4 nitrogen and oxygen atoms in total. The third-order valence-electron chi connectivity index (χ3n) is 5.24. The summed E-state index contributed by atoms with van der Waals surface area (Å²) in [6.45, 7) is 4.00. The first-order valence-electron chi connectivity index (χ1n) is 9.30. The van der Waals surface area contributed by atoms with Crippen molar-refractivity contribution in [1.29, 1.82) is 0 Å². The van der Waals surface area contributed by atoms with Crippen LogP contribution >= 0.6 is 0 Å². The molecule has 0 amide bonds. The fourth-order valence-electron chi connectivity index (χ4n) is 3.73. The largest absolute Gasteiger partial charge is 0.467 e. The van der Waals surface area contributed by atoms with Crippen LogP contribution in [0, 0.1) is 11.7 Å². The van der Waals surface area contributed by atoms with E-state index in [2.05, 4.69) is 6.92 Å². The highest BCUT2D eigenvalue weighted by Gasteiger charge is 2.54. The first kappa shape index (κ1) is 19.1. The van der Waals surface area contributed by atoms with Gasteiger partial charge in [-0.1, -0.05) is 50.1 Å². The van der Waals surface area contributed by atoms with Gasteiger partial charge in [0.15, 0.2) is 5.54 Å². The second-order valence-electron chi connectivity index (χ2n) is 6.97. The van der Waals surface area contributed by atoms with Crippen LogP contribution in [0.4, 0.5) is 10.1 Å². The Morgan fingerprint density at radius 1 is 1.19 bits per heavy atom. The van der Waals surface area contributed by atoms with E-state index in [-0.39, 0.29) is 17.7 Å². The number of unbranched alkanes of at least 4 members (excludes halogenated alkanes) is 1. The normalized spacial score (nSPS) is 21.9. The molecule has 0 radical (unpaired) electrons. The fraction of sp³-hybridized carbons (Fsp3) is 0.364. The molecule has 142 valence electrons. The summed E-state index contributed by atoms with van der Waals surface area (Å²) >= 11 is 0. The van der Waals surface area contributed by atoms with Crippen molar-refractivity contribution in [2.24, 2.45) is 11.0 Å². The van der Waals surface area contributed by atoms with Gasteiger partial charge in [-0.15, -0.1) is 0 Å². The quantitative estimate of drug-likeness (QED) is 0.689. The Morgan fingerprint density at radius 2 is 1.85 bits per heavy atom. The third-order valence-corrected chi connectivity index (χ3v) is 5.24. The zero-order chi connectivity index (χ0) is 19.4. The molecule has 0 bridgehead atoms. The van der Waals surface area contributed by atoms with Crippen molar-refractivity contribution < 1.29 is 13.9 Å². The molecule has 2 aromatic carbocycles. The van der Waals surface area contributed by atoms with Crippen molar-refractivity contribution in [1.82, 2.24) is 0 Å². The molecule has 0 aliphatic carbocycles. The summed E-state index contributed by atoms with van der Waals surface area (Å²) in [7, 11) is 1.41. The van der Waals surface area contributed by atoms with Gasteiger partial charge in [-0.3, -0.25) is 0 Å². The molecule has 0 saturated heterocycles. The molecule has 1 heterocycles. The number of para-hydroxylation sites is 1. The number of halogens is 1. The molecule has 0 spiro atoms. The maximum atomic E-state index is 13.4. The van der Waals surface area contributed by atoms with Crippen molar-refractivity contribution >= 4 is 17.4 Å². The molecule has 5 heteroatoms. The number of rotatable bonds is 6. The number of hydrazone groups is 1. The molecular weight excluding hydrogens is 343 g/mol. The Labute approximate surface area is 159 Å². The number of hydrogen-bond donors (Lipinski definition) is 0. The number of nitrogens with zero attached hydrogens (tertiary/aromatic N) is 2. The van der Waals surface area contributed by atoms with E-state index in [4.69, 9.17) is 9.84 Å². The number of ether oxygens (including phenoxy) is 1. The summed E-state index contributed by atoms with van der Waals surface area (Å²) in [6, 6.07) is 15.9. The number of benzene rings is 2. The van der Waals surface area contributed by atoms with Crippen molar-refractivity contribution in [2.45, 2.75) is 38.6 Å². The van der Waals surface area contributed by atoms with E-state index in [0.717, 1.165) is 36.2 Å². The highest BCUT2D eigenvalue weighted by atomic mass is 19.1. The first-order chi connectivity index (χ1) is 13.0. The lowest BCUT2D eigenvalue weighted by Crippen LogP contribution is -2.53. The summed E-state index contributed by atoms with van der Waals surface area (Å²) in [6.07, 6.45) is 2.76. The van der Waals surface area contributed by atoms with Crippen LogP contribution in [0.2, 0.25) is 0 Å². The van der Waals surface area contributed by atoms with Gasteiger partial charge in [0.1, 0.15) is 5.82 Å². The molecule has 0 fully saturated rings. The average molecular weight is 368 g/mol. The van der Waals surface area contributed by atoms with Crippen LogP contribution in [-0.4, -0.2) is 24.3 Å². The minimum Gasteiger partial charge on any atom is -0.467 e. The maximum absolute atomic E-state index is 13.4. The number of anilines is 1.